The number of hydrogen-bond donors (Lipinski definition) is 0. The summed E-state index contributed by atoms with van der Waals surface area (Å²) in [6.07, 6.45) is 25.3. The molecule has 0 atom stereocenters. The van der Waals surface area contributed by atoms with Crippen molar-refractivity contribution in [1.29, 1.82) is 0 Å². The van der Waals surface area contributed by atoms with E-state index in [1.807, 2.05) is 0 Å². The molecular weight excluding hydrogens is 430 g/mol. The van der Waals surface area contributed by atoms with Crippen molar-refractivity contribution in [2.45, 2.75) is 113 Å². The van der Waals surface area contributed by atoms with E-state index in [-0.39, 0.29) is 0 Å². The molecule has 3 fully saturated rings. The van der Waals surface area contributed by atoms with Crippen LogP contribution in [0, 0.1) is 0 Å². The van der Waals surface area contributed by atoms with Gasteiger partial charge in [-0.2, -0.15) is 0 Å². The third-order valence-corrected chi connectivity index (χ3v) is 14.0. The molecule has 0 radical (unpaired) electrons. The van der Waals surface area contributed by atoms with Crippen molar-refractivity contribution in [1.82, 2.24) is 0 Å². The first kappa shape index (κ1) is 25.8. The van der Waals surface area contributed by atoms with Crippen molar-refractivity contribution in [2.75, 3.05) is 0 Å². The average molecular weight is 470 g/mol. The van der Waals surface area contributed by atoms with E-state index in [4.69, 9.17) is 0 Å². The molecule has 0 unspecified atom stereocenters. The lowest BCUT2D eigenvalue weighted by Gasteiger charge is -2.47. The maximum atomic E-state index is 9.75. The van der Waals surface area contributed by atoms with Crippen LogP contribution < -0.4 is 0 Å². The highest BCUT2D eigenvalue weighted by Gasteiger charge is 2.55. The summed E-state index contributed by atoms with van der Waals surface area (Å²) in [5, 5.41) is 0. The average Bonchev–Trinajstić information content (AvgIpc) is 2.81. The largest absolute Gasteiger partial charge is 0.673 e. The minimum absolute atomic E-state index is 1.05. The summed E-state index contributed by atoms with van der Waals surface area (Å²) in [5.41, 5.74) is 4.59. The quantitative estimate of drug-likeness (QED) is 0.228. The van der Waals surface area contributed by atoms with E-state index < -0.39 is 14.5 Å². The number of halogens is 4. The van der Waals surface area contributed by atoms with Crippen LogP contribution in [0.2, 0.25) is 0 Å². The molecule has 3 saturated carbocycles. The summed E-state index contributed by atoms with van der Waals surface area (Å²) < 4.78 is 39.0. The van der Waals surface area contributed by atoms with E-state index >= 15 is 0 Å². The highest BCUT2D eigenvalue weighted by Crippen LogP contribution is 2.78. The molecule has 3 aliphatic rings. The molecule has 0 saturated heterocycles. The van der Waals surface area contributed by atoms with Crippen molar-refractivity contribution in [2.24, 2.45) is 0 Å². The highest BCUT2D eigenvalue weighted by atomic mass is 31.2. The highest BCUT2D eigenvalue weighted by molar-refractivity contribution is 7.80. The second-order valence-corrected chi connectivity index (χ2v) is 14.3. The monoisotopic (exact) mass is 470 g/mol. The molecule has 0 N–H and O–H groups in total. The molecule has 0 aromatic heterocycles. The van der Waals surface area contributed by atoms with Crippen molar-refractivity contribution < 1.29 is 17.3 Å². The Bertz CT molecular complexity index is 621. The molecule has 3 aliphatic carbocycles. The van der Waals surface area contributed by atoms with Gasteiger partial charge < -0.3 is 17.3 Å². The van der Waals surface area contributed by atoms with Gasteiger partial charge >= 0.3 is 7.25 Å². The fraction of sp³-hybridized carbons (Fsp3) is 0.692. The van der Waals surface area contributed by atoms with Crippen LogP contribution >= 0.6 is 7.26 Å². The number of hydrogen-bond acceptors (Lipinski definition) is 0. The SMILES string of the molecule is C(=C\[P+](C1CCCCC1)(C1CCCCC1)C1CCCCC1)/c1ccccc1.F[B-](F)(F)F. The minimum Gasteiger partial charge on any atom is -0.418 e. The Morgan fingerprint density at radius 2 is 0.938 bits per heavy atom. The maximum Gasteiger partial charge on any atom is 0.673 e. The molecule has 6 heteroatoms. The van der Waals surface area contributed by atoms with Crippen LogP contribution in [0.25, 0.3) is 6.08 Å². The van der Waals surface area contributed by atoms with Crippen molar-refractivity contribution in [3.05, 3.63) is 41.7 Å². The zero-order valence-electron chi connectivity index (χ0n) is 19.4. The van der Waals surface area contributed by atoms with E-state index in [1.165, 1.54) is 63.4 Å². The van der Waals surface area contributed by atoms with Gasteiger partial charge in [-0.05, 0) is 88.7 Å². The molecule has 0 bridgehead atoms. The zero-order chi connectivity index (χ0) is 22.9. The van der Waals surface area contributed by atoms with Gasteiger partial charge in [0.05, 0.1) is 22.8 Å². The molecule has 32 heavy (non-hydrogen) atoms. The summed E-state index contributed by atoms with van der Waals surface area (Å²) in [5.74, 6) is 2.91. The van der Waals surface area contributed by atoms with Gasteiger partial charge in [-0.25, -0.2) is 0 Å². The lowest BCUT2D eigenvalue weighted by Crippen LogP contribution is -2.34. The molecule has 180 valence electrons. The van der Waals surface area contributed by atoms with Crippen LogP contribution in [-0.2, 0) is 0 Å². The molecule has 0 spiro atoms. The van der Waals surface area contributed by atoms with Crippen molar-refractivity contribution >= 4 is 20.6 Å². The second kappa shape index (κ2) is 12.6. The van der Waals surface area contributed by atoms with Gasteiger partial charge in [-0.15, -0.1) is 0 Å². The summed E-state index contributed by atoms with van der Waals surface area (Å²) in [6, 6.07) is 11.2. The summed E-state index contributed by atoms with van der Waals surface area (Å²) in [7, 11) is -7.07. The Labute approximate surface area is 193 Å². The Hall–Kier alpha value is -0.825. The third-order valence-electron chi connectivity index (χ3n) is 7.95. The first-order valence-electron chi connectivity index (χ1n) is 12.9. The van der Waals surface area contributed by atoms with E-state index in [1.54, 1.807) is 38.5 Å². The molecule has 0 heterocycles. The van der Waals surface area contributed by atoms with Crippen LogP contribution in [0.15, 0.2) is 36.1 Å². The van der Waals surface area contributed by atoms with Gasteiger partial charge in [0.25, 0.3) is 0 Å². The number of benzene rings is 1. The van der Waals surface area contributed by atoms with Crippen LogP contribution in [0.4, 0.5) is 17.3 Å². The first-order chi connectivity index (χ1) is 15.4. The minimum atomic E-state index is -6.00. The van der Waals surface area contributed by atoms with Gasteiger partial charge in [-0.3, -0.25) is 0 Å². The van der Waals surface area contributed by atoms with E-state index in [9.17, 15) is 17.3 Å². The summed E-state index contributed by atoms with van der Waals surface area (Å²) in [6.45, 7) is 0. The van der Waals surface area contributed by atoms with Crippen LogP contribution in [0.5, 0.6) is 0 Å². The van der Waals surface area contributed by atoms with Gasteiger partial charge in [0.1, 0.15) is 0 Å². The lowest BCUT2D eigenvalue weighted by atomic mass is 9.99. The summed E-state index contributed by atoms with van der Waals surface area (Å²) >= 11 is 0. The van der Waals surface area contributed by atoms with Crippen LogP contribution in [-0.4, -0.2) is 24.2 Å². The fourth-order valence-electron chi connectivity index (χ4n) is 6.62. The molecule has 1 aromatic carbocycles. The normalized spacial score (nSPS) is 22.5. The van der Waals surface area contributed by atoms with Gasteiger partial charge in [-0.1, -0.05) is 49.6 Å². The van der Waals surface area contributed by atoms with Gasteiger partial charge in [0.2, 0.25) is 0 Å². The molecule has 4 rings (SSSR count). The Morgan fingerprint density at radius 3 is 1.28 bits per heavy atom. The molecule has 0 aliphatic heterocycles. The Kier molecular flexibility index (Phi) is 10.1. The maximum absolute atomic E-state index is 9.75. The summed E-state index contributed by atoms with van der Waals surface area (Å²) in [4.78, 5) is 0. The predicted octanol–water partition coefficient (Wildman–Crippen LogP) is 9.97. The first-order valence-corrected chi connectivity index (χ1v) is 15.0. The van der Waals surface area contributed by atoms with E-state index in [0.717, 1.165) is 17.0 Å². The third kappa shape index (κ3) is 7.61. The Balaban J connectivity index is 0.000000523. The standard InChI is InChI=1S/C26H40P.BF4/c1-5-13-23(14-6-1)21-22-27(24-15-7-2-8-16-24,25-17-9-3-10-18-25)26-19-11-4-12-20-26;2-1(3,4)5/h1,5-6,13-14,21-22,24-26H,2-4,7-12,15-20H2;/q+1;-1/b22-21+;. The lowest BCUT2D eigenvalue weighted by molar-refractivity contribution is 0.368. The second-order valence-electron chi connectivity index (χ2n) is 9.99. The number of rotatable bonds is 5. The molecule has 0 amide bonds. The topological polar surface area (TPSA) is 0 Å². The fourth-order valence-corrected chi connectivity index (χ4v) is 13.4. The van der Waals surface area contributed by atoms with E-state index in [2.05, 4.69) is 42.2 Å². The van der Waals surface area contributed by atoms with E-state index in [0.29, 0.717) is 0 Å². The zero-order valence-corrected chi connectivity index (χ0v) is 20.3. The van der Waals surface area contributed by atoms with Gasteiger partial charge in [0, 0.05) is 7.26 Å². The smallest absolute Gasteiger partial charge is 0.418 e. The van der Waals surface area contributed by atoms with Crippen LogP contribution in [0.1, 0.15) is 102 Å². The molecule has 0 nitrogen and oxygen atoms in total. The molecular formula is C26H40BF4P. The van der Waals surface area contributed by atoms with Crippen LogP contribution in [0.3, 0.4) is 0 Å². The van der Waals surface area contributed by atoms with Gasteiger partial charge in [0.15, 0.2) is 0 Å². The Morgan fingerprint density at radius 1 is 0.594 bits per heavy atom. The van der Waals surface area contributed by atoms with Crippen molar-refractivity contribution in [3.8, 4) is 0 Å². The van der Waals surface area contributed by atoms with Crippen molar-refractivity contribution in [3.63, 3.8) is 0 Å². The predicted molar refractivity (Wildman–Crippen MR) is 133 cm³/mol. The molecule has 1 aromatic rings.